The molecule has 1 aromatic carbocycles. The van der Waals surface area contributed by atoms with E-state index in [1.807, 2.05) is 11.8 Å². The van der Waals surface area contributed by atoms with Crippen LogP contribution in [0.5, 0.6) is 0 Å². The monoisotopic (exact) mass is 347 g/mol. The Morgan fingerprint density at radius 2 is 1.95 bits per heavy atom. The highest BCUT2D eigenvalue weighted by Crippen LogP contribution is 2.48. The van der Waals surface area contributed by atoms with Crippen LogP contribution < -0.4 is 0 Å². The lowest BCUT2D eigenvalue weighted by Crippen LogP contribution is -2.28. The van der Waals surface area contributed by atoms with Gasteiger partial charge in [-0.25, -0.2) is 0 Å². The molecule has 2 aliphatic heterocycles. The molecule has 4 heteroatoms. The summed E-state index contributed by atoms with van der Waals surface area (Å²) in [5, 5.41) is 0.372. The van der Waals surface area contributed by atoms with Crippen LogP contribution in [0.25, 0.3) is 0 Å². The first-order valence-electron chi connectivity index (χ1n) is 6.95. The van der Waals surface area contributed by atoms with Gasteiger partial charge in [-0.15, -0.1) is 0 Å². The number of hydrogen-bond donors (Lipinski definition) is 0. The third kappa shape index (κ3) is 1.92. The second kappa shape index (κ2) is 4.85. The summed E-state index contributed by atoms with van der Waals surface area (Å²) in [6.07, 6.45) is 2.56. The lowest BCUT2D eigenvalue weighted by atomic mass is 9.83. The predicted octanol–water partition coefficient (Wildman–Crippen LogP) is 4.11. The molecule has 2 nitrogen and oxygen atoms in total. The van der Waals surface area contributed by atoms with Crippen molar-refractivity contribution in [2.24, 2.45) is 4.99 Å². The van der Waals surface area contributed by atoms with Crippen molar-refractivity contribution in [1.29, 1.82) is 0 Å². The van der Waals surface area contributed by atoms with Gasteiger partial charge in [0, 0.05) is 33.8 Å². The molecule has 102 valence electrons. The zero-order chi connectivity index (χ0) is 13.7. The molecule has 1 saturated heterocycles. The van der Waals surface area contributed by atoms with E-state index in [1.165, 1.54) is 11.3 Å². The molecule has 20 heavy (non-hydrogen) atoms. The number of fused-ring (bicyclic) bond motifs is 1. The normalized spacial score (nSPS) is 28.4. The molecule has 1 aliphatic carbocycles. The van der Waals surface area contributed by atoms with Crippen molar-refractivity contribution in [3.63, 3.8) is 0 Å². The first-order chi connectivity index (χ1) is 9.74. The third-order valence-electron chi connectivity index (χ3n) is 4.31. The van der Waals surface area contributed by atoms with Crippen molar-refractivity contribution in [2.75, 3.05) is 5.75 Å². The molecule has 4 rings (SSSR count). The largest absolute Gasteiger partial charge is 0.294 e. The van der Waals surface area contributed by atoms with Gasteiger partial charge in [0.15, 0.2) is 5.78 Å². The molecule has 0 amide bonds. The molecule has 0 aromatic heterocycles. The van der Waals surface area contributed by atoms with Gasteiger partial charge in [-0.2, -0.15) is 11.8 Å². The van der Waals surface area contributed by atoms with Crippen LogP contribution in [0.1, 0.15) is 30.7 Å². The van der Waals surface area contributed by atoms with Gasteiger partial charge in [-0.3, -0.25) is 9.79 Å². The van der Waals surface area contributed by atoms with Crippen LogP contribution in [-0.4, -0.2) is 22.5 Å². The number of ketones is 1. The van der Waals surface area contributed by atoms with E-state index in [9.17, 15) is 4.79 Å². The number of halogens is 1. The molecule has 2 heterocycles. The fourth-order valence-corrected chi connectivity index (χ4v) is 5.10. The molecule has 0 bridgehead atoms. The third-order valence-corrected chi connectivity index (χ3v) is 6.18. The van der Waals surface area contributed by atoms with Crippen LogP contribution in [-0.2, 0) is 4.79 Å². The van der Waals surface area contributed by atoms with Gasteiger partial charge in [0.2, 0.25) is 0 Å². The first kappa shape index (κ1) is 12.8. The van der Waals surface area contributed by atoms with E-state index >= 15 is 0 Å². The van der Waals surface area contributed by atoms with E-state index in [1.54, 1.807) is 0 Å². The van der Waals surface area contributed by atoms with Gasteiger partial charge < -0.3 is 0 Å². The smallest absolute Gasteiger partial charge is 0.161 e. The Bertz CT molecular complexity index is 647. The van der Waals surface area contributed by atoms with Crippen molar-refractivity contribution in [3.8, 4) is 0 Å². The zero-order valence-corrected chi connectivity index (χ0v) is 13.3. The highest BCUT2D eigenvalue weighted by molar-refractivity contribution is 9.10. The van der Waals surface area contributed by atoms with Gasteiger partial charge >= 0.3 is 0 Å². The second-order valence-electron chi connectivity index (χ2n) is 5.46. The standard InChI is InChI=1S/C16H14BrNOS/c17-10-3-1-9(2-4-10)14-15-11(5-6-13(15)19)18-12-7-8-20-16(12)14/h1-4,14,16H,5-8H2. The van der Waals surface area contributed by atoms with Crippen molar-refractivity contribution in [3.05, 3.63) is 45.6 Å². The maximum atomic E-state index is 12.3. The molecule has 1 aromatic rings. The van der Waals surface area contributed by atoms with Crippen molar-refractivity contribution < 1.29 is 4.79 Å². The summed E-state index contributed by atoms with van der Waals surface area (Å²) in [4.78, 5) is 17.1. The number of thioether (sulfide) groups is 1. The SMILES string of the molecule is O=C1CCC2=C1C(c1ccc(Br)cc1)C1SCCC1=N2. The first-order valence-corrected chi connectivity index (χ1v) is 8.79. The van der Waals surface area contributed by atoms with E-state index in [-0.39, 0.29) is 5.92 Å². The topological polar surface area (TPSA) is 29.4 Å². The minimum Gasteiger partial charge on any atom is -0.294 e. The summed E-state index contributed by atoms with van der Waals surface area (Å²) in [5.41, 5.74) is 4.62. The molecule has 0 N–H and O–H groups in total. The molecule has 2 unspecified atom stereocenters. The van der Waals surface area contributed by atoms with E-state index < -0.39 is 0 Å². The average Bonchev–Trinajstić information content (AvgIpc) is 3.05. The Hall–Kier alpha value is -0.870. The number of carbonyl (C=O) groups is 1. The van der Waals surface area contributed by atoms with Gasteiger partial charge in [0.1, 0.15) is 0 Å². The summed E-state index contributed by atoms with van der Waals surface area (Å²) in [7, 11) is 0. The fourth-order valence-electron chi connectivity index (χ4n) is 3.40. The Morgan fingerprint density at radius 1 is 1.15 bits per heavy atom. The van der Waals surface area contributed by atoms with Crippen LogP contribution in [0.2, 0.25) is 0 Å². The number of benzene rings is 1. The lowest BCUT2D eigenvalue weighted by molar-refractivity contribution is -0.115. The maximum Gasteiger partial charge on any atom is 0.161 e. The minimum atomic E-state index is 0.216. The van der Waals surface area contributed by atoms with Crippen LogP contribution in [0.15, 0.2) is 45.0 Å². The van der Waals surface area contributed by atoms with Crippen molar-refractivity contribution >= 4 is 39.2 Å². The quantitative estimate of drug-likeness (QED) is 0.764. The molecule has 3 aliphatic rings. The number of Topliss-reactive ketones (excluding diaryl/α,β-unsaturated/α-hetero) is 1. The predicted molar refractivity (Wildman–Crippen MR) is 86.4 cm³/mol. The van der Waals surface area contributed by atoms with E-state index in [0.29, 0.717) is 17.5 Å². The van der Waals surface area contributed by atoms with E-state index in [4.69, 9.17) is 4.99 Å². The van der Waals surface area contributed by atoms with Crippen LogP contribution >= 0.6 is 27.7 Å². The van der Waals surface area contributed by atoms with Crippen LogP contribution in [0.4, 0.5) is 0 Å². The van der Waals surface area contributed by atoms with E-state index in [0.717, 1.165) is 34.3 Å². The van der Waals surface area contributed by atoms with Crippen LogP contribution in [0.3, 0.4) is 0 Å². The molecular formula is C16H14BrNOS. The Labute approximate surface area is 130 Å². The number of nitrogens with zero attached hydrogens (tertiary/aromatic N) is 1. The number of aliphatic imine (C=N–C) groups is 1. The van der Waals surface area contributed by atoms with Crippen molar-refractivity contribution in [2.45, 2.75) is 30.4 Å². The summed E-state index contributed by atoms with van der Waals surface area (Å²) in [5.74, 6) is 1.65. The minimum absolute atomic E-state index is 0.216. The van der Waals surface area contributed by atoms with Gasteiger partial charge in [-0.1, -0.05) is 28.1 Å². The zero-order valence-electron chi connectivity index (χ0n) is 10.9. The van der Waals surface area contributed by atoms with Crippen molar-refractivity contribution in [1.82, 2.24) is 0 Å². The van der Waals surface area contributed by atoms with Gasteiger partial charge in [-0.05, 0) is 36.3 Å². The molecule has 2 atom stereocenters. The number of carbonyl (C=O) groups excluding carboxylic acids is 1. The molecular weight excluding hydrogens is 334 g/mol. The maximum absolute atomic E-state index is 12.3. The number of allylic oxidation sites excluding steroid dienone is 2. The molecule has 1 fully saturated rings. The highest BCUT2D eigenvalue weighted by Gasteiger charge is 2.43. The second-order valence-corrected chi connectivity index (χ2v) is 7.62. The molecule has 0 spiro atoms. The highest BCUT2D eigenvalue weighted by atomic mass is 79.9. The lowest BCUT2D eigenvalue weighted by Gasteiger charge is -2.28. The van der Waals surface area contributed by atoms with E-state index in [2.05, 4.69) is 40.2 Å². The summed E-state index contributed by atoms with van der Waals surface area (Å²) in [6.45, 7) is 0. The van der Waals surface area contributed by atoms with Gasteiger partial charge in [0.25, 0.3) is 0 Å². The summed E-state index contributed by atoms with van der Waals surface area (Å²) in [6, 6.07) is 8.43. The summed E-state index contributed by atoms with van der Waals surface area (Å²) >= 11 is 5.44. The van der Waals surface area contributed by atoms with Crippen LogP contribution in [0, 0.1) is 0 Å². The summed E-state index contributed by atoms with van der Waals surface area (Å²) < 4.78 is 1.08. The number of rotatable bonds is 1. The Kier molecular flexibility index (Phi) is 3.11. The Morgan fingerprint density at radius 3 is 2.75 bits per heavy atom. The Balaban J connectivity index is 1.85. The fraction of sp³-hybridized carbons (Fsp3) is 0.375. The van der Waals surface area contributed by atoms with Gasteiger partial charge in [0.05, 0.1) is 5.25 Å². The number of hydrogen-bond acceptors (Lipinski definition) is 3. The molecule has 0 saturated carbocycles. The average molecular weight is 348 g/mol. The molecule has 0 radical (unpaired) electrons.